The lowest BCUT2D eigenvalue weighted by atomic mass is 10.0. The number of carboxylic acids is 1. The number of H-pyrrole nitrogens is 1. The molecule has 0 bridgehead atoms. The van der Waals surface area contributed by atoms with Crippen molar-refractivity contribution in [2.45, 2.75) is 62.7 Å². The molecule has 1 aromatic heterocycles. The van der Waals surface area contributed by atoms with Crippen LogP contribution in [0.25, 0.3) is 0 Å². The number of rotatable bonds is 17. The molecule has 212 valence electrons. The van der Waals surface area contributed by atoms with E-state index in [0.29, 0.717) is 30.6 Å². The van der Waals surface area contributed by atoms with Crippen LogP contribution < -0.4 is 33.2 Å². The zero-order valence-corrected chi connectivity index (χ0v) is 21.5. The number of imidazole rings is 1. The number of benzene rings is 1. The van der Waals surface area contributed by atoms with E-state index in [1.807, 2.05) is 0 Å². The first-order valence-electron chi connectivity index (χ1n) is 12.5. The average molecular weight is 545 g/mol. The van der Waals surface area contributed by atoms with Crippen molar-refractivity contribution < 1.29 is 29.1 Å². The number of unbranched alkanes of at least 4 members (excludes halogenated alkanes) is 1. The Bertz CT molecular complexity index is 1100. The standard InChI is InChI=1S/C25H36N8O6/c26-9-5-4-8-18(25(38)39)31-24(37)20(11-16-13-29-14-30-16)33-23(36)19(10-15-6-2-1-3-7-15)32-22(35)17(27)12-21(28)34/h1-3,6-7,13-14,17-20H,4-5,8-12,26-27H2,(H2,28,34)(H,29,30)(H,31,37)(H,32,35)(H,33,36)(H,38,39). The monoisotopic (exact) mass is 544 g/mol. The summed E-state index contributed by atoms with van der Waals surface area (Å²) < 4.78 is 0. The van der Waals surface area contributed by atoms with E-state index in [4.69, 9.17) is 17.2 Å². The van der Waals surface area contributed by atoms with Crippen molar-refractivity contribution in [3.05, 3.63) is 54.1 Å². The Hall–Kier alpha value is -4.30. The minimum atomic E-state index is -1.28. The fourth-order valence-electron chi connectivity index (χ4n) is 3.77. The summed E-state index contributed by atoms with van der Waals surface area (Å²) in [6.45, 7) is 0.385. The summed E-state index contributed by atoms with van der Waals surface area (Å²) >= 11 is 0. The summed E-state index contributed by atoms with van der Waals surface area (Å²) in [6, 6.07) is 3.98. The third-order valence-electron chi connectivity index (χ3n) is 5.85. The van der Waals surface area contributed by atoms with E-state index in [1.165, 1.54) is 12.5 Å². The number of nitrogens with two attached hydrogens (primary N) is 3. The molecule has 4 atom stereocenters. The number of carboxylic acid groups (broad SMARTS) is 1. The topological polar surface area (TPSA) is 248 Å². The molecule has 1 heterocycles. The number of hydrogen-bond acceptors (Lipinski definition) is 8. The van der Waals surface area contributed by atoms with Crippen LogP contribution in [0.2, 0.25) is 0 Å². The van der Waals surface area contributed by atoms with Crippen LogP contribution in [0.3, 0.4) is 0 Å². The Morgan fingerprint density at radius 1 is 0.897 bits per heavy atom. The molecule has 0 spiro atoms. The van der Waals surface area contributed by atoms with Crippen molar-refractivity contribution in [2.75, 3.05) is 6.54 Å². The molecule has 0 saturated heterocycles. The number of aromatic nitrogens is 2. The Labute approximate surface area is 225 Å². The predicted molar refractivity (Wildman–Crippen MR) is 141 cm³/mol. The van der Waals surface area contributed by atoms with Crippen molar-refractivity contribution in [3.63, 3.8) is 0 Å². The lowest BCUT2D eigenvalue weighted by molar-refractivity contribution is -0.142. The predicted octanol–water partition coefficient (Wildman–Crippen LogP) is -1.93. The normalized spacial score (nSPS) is 13.9. The number of carbonyl (C=O) groups excluding carboxylic acids is 4. The zero-order chi connectivity index (χ0) is 28.8. The maximum absolute atomic E-state index is 13.4. The van der Waals surface area contributed by atoms with Crippen molar-refractivity contribution >= 4 is 29.6 Å². The molecule has 39 heavy (non-hydrogen) atoms. The van der Waals surface area contributed by atoms with E-state index in [9.17, 15) is 29.1 Å². The van der Waals surface area contributed by atoms with Gasteiger partial charge < -0.3 is 43.2 Å². The summed E-state index contributed by atoms with van der Waals surface area (Å²) in [5.41, 5.74) is 17.6. The van der Waals surface area contributed by atoms with Gasteiger partial charge >= 0.3 is 5.97 Å². The molecule has 2 rings (SSSR count). The molecule has 0 radical (unpaired) electrons. The molecule has 11 N–H and O–H groups in total. The van der Waals surface area contributed by atoms with Gasteiger partial charge in [-0.1, -0.05) is 30.3 Å². The van der Waals surface area contributed by atoms with Gasteiger partial charge in [-0.2, -0.15) is 0 Å². The van der Waals surface area contributed by atoms with Gasteiger partial charge in [0.15, 0.2) is 0 Å². The molecule has 4 unspecified atom stereocenters. The highest BCUT2D eigenvalue weighted by Gasteiger charge is 2.31. The molecule has 0 aliphatic rings. The Balaban J connectivity index is 2.24. The number of amides is 4. The number of carbonyl (C=O) groups is 5. The quantitative estimate of drug-likeness (QED) is 0.103. The second-order valence-electron chi connectivity index (χ2n) is 9.05. The van der Waals surface area contributed by atoms with Crippen molar-refractivity contribution in [2.24, 2.45) is 17.2 Å². The molecule has 0 saturated carbocycles. The first-order valence-corrected chi connectivity index (χ1v) is 12.5. The molecule has 1 aromatic carbocycles. The van der Waals surface area contributed by atoms with Gasteiger partial charge in [-0.25, -0.2) is 9.78 Å². The molecule has 0 aliphatic carbocycles. The first kappa shape index (κ1) is 30.9. The fraction of sp³-hybridized carbons (Fsp3) is 0.440. The smallest absolute Gasteiger partial charge is 0.326 e. The van der Waals surface area contributed by atoms with E-state index >= 15 is 0 Å². The van der Waals surface area contributed by atoms with E-state index in [0.717, 1.165) is 0 Å². The van der Waals surface area contributed by atoms with Gasteiger partial charge in [0.25, 0.3) is 0 Å². The second kappa shape index (κ2) is 15.8. The highest BCUT2D eigenvalue weighted by atomic mass is 16.4. The number of primary amides is 1. The van der Waals surface area contributed by atoms with E-state index in [2.05, 4.69) is 25.9 Å². The van der Waals surface area contributed by atoms with Crippen LogP contribution in [0, 0.1) is 0 Å². The number of aromatic amines is 1. The Kier molecular flexibility index (Phi) is 12.6. The van der Waals surface area contributed by atoms with Gasteiger partial charge in [-0.3, -0.25) is 19.2 Å². The Morgan fingerprint density at radius 2 is 1.51 bits per heavy atom. The largest absolute Gasteiger partial charge is 0.480 e. The summed E-state index contributed by atoms with van der Waals surface area (Å²) in [5, 5.41) is 17.2. The van der Waals surface area contributed by atoms with Gasteiger partial charge in [0.2, 0.25) is 23.6 Å². The van der Waals surface area contributed by atoms with Crippen LogP contribution in [-0.2, 0) is 36.8 Å². The third kappa shape index (κ3) is 10.9. The van der Waals surface area contributed by atoms with Crippen molar-refractivity contribution in [3.8, 4) is 0 Å². The lowest BCUT2D eigenvalue weighted by Crippen LogP contribution is -2.58. The highest BCUT2D eigenvalue weighted by Crippen LogP contribution is 2.08. The van der Waals surface area contributed by atoms with Gasteiger partial charge in [-0.05, 0) is 31.4 Å². The van der Waals surface area contributed by atoms with Crippen LogP contribution in [-0.4, -0.2) is 75.4 Å². The second-order valence-corrected chi connectivity index (χ2v) is 9.05. The summed E-state index contributed by atoms with van der Waals surface area (Å²) in [7, 11) is 0. The molecular formula is C25H36N8O6. The minimum Gasteiger partial charge on any atom is -0.480 e. The summed E-state index contributed by atoms with van der Waals surface area (Å²) in [6.07, 6.45) is 3.71. The van der Waals surface area contributed by atoms with Gasteiger partial charge in [0, 0.05) is 24.7 Å². The van der Waals surface area contributed by atoms with Crippen LogP contribution in [0.5, 0.6) is 0 Å². The lowest BCUT2D eigenvalue weighted by Gasteiger charge is -2.25. The Morgan fingerprint density at radius 3 is 2.08 bits per heavy atom. The van der Waals surface area contributed by atoms with Gasteiger partial charge in [-0.15, -0.1) is 0 Å². The molecule has 14 nitrogen and oxygen atoms in total. The third-order valence-corrected chi connectivity index (χ3v) is 5.85. The molecule has 14 heteroatoms. The molecule has 2 aromatic rings. The SMILES string of the molecule is NCCCCC(NC(=O)C(Cc1cnc[nH]1)NC(=O)C(Cc1ccccc1)NC(=O)C(N)CC(N)=O)C(=O)O. The molecule has 0 aliphatic heterocycles. The van der Waals surface area contributed by atoms with E-state index in [1.54, 1.807) is 30.3 Å². The molecule has 0 fully saturated rings. The van der Waals surface area contributed by atoms with Crippen molar-refractivity contribution in [1.82, 2.24) is 25.9 Å². The van der Waals surface area contributed by atoms with Gasteiger partial charge in [0.1, 0.15) is 18.1 Å². The summed E-state index contributed by atoms with van der Waals surface area (Å²) in [5.74, 6) is -4.21. The van der Waals surface area contributed by atoms with Crippen LogP contribution in [0.15, 0.2) is 42.9 Å². The number of aliphatic carboxylic acids is 1. The van der Waals surface area contributed by atoms with E-state index in [-0.39, 0.29) is 19.3 Å². The summed E-state index contributed by atoms with van der Waals surface area (Å²) in [4.78, 5) is 68.9. The first-order chi connectivity index (χ1) is 18.6. The highest BCUT2D eigenvalue weighted by molar-refractivity contribution is 5.95. The zero-order valence-electron chi connectivity index (χ0n) is 21.5. The number of nitrogens with zero attached hydrogens (tertiary/aromatic N) is 1. The minimum absolute atomic E-state index is 0.0279. The average Bonchev–Trinajstić information content (AvgIpc) is 3.40. The van der Waals surface area contributed by atoms with E-state index < -0.39 is 60.2 Å². The van der Waals surface area contributed by atoms with Crippen molar-refractivity contribution in [1.29, 1.82) is 0 Å². The number of nitrogens with one attached hydrogen (secondary N) is 4. The maximum atomic E-state index is 13.4. The van der Waals surface area contributed by atoms with Crippen LogP contribution in [0.1, 0.15) is 36.9 Å². The van der Waals surface area contributed by atoms with Gasteiger partial charge in [0.05, 0.1) is 18.8 Å². The molecule has 4 amide bonds. The number of hydrogen-bond donors (Lipinski definition) is 8. The maximum Gasteiger partial charge on any atom is 0.326 e. The molecular weight excluding hydrogens is 508 g/mol. The van der Waals surface area contributed by atoms with Crippen LogP contribution >= 0.6 is 0 Å². The fourth-order valence-corrected chi connectivity index (χ4v) is 3.77. The van der Waals surface area contributed by atoms with Crippen LogP contribution in [0.4, 0.5) is 0 Å².